The van der Waals surface area contributed by atoms with E-state index in [1.54, 1.807) is 11.3 Å². The second-order valence-corrected chi connectivity index (χ2v) is 4.92. The number of hydrogen-bond acceptors (Lipinski definition) is 3. The van der Waals surface area contributed by atoms with Crippen molar-refractivity contribution in [2.75, 3.05) is 12.4 Å². The minimum absolute atomic E-state index is 1.000. The Labute approximate surface area is 100 Å². The summed E-state index contributed by atoms with van der Waals surface area (Å²) in [6, 6.07) is 8.56. The molecule has 0 saturated carbocycles. The molecule has 0 aliphatic carbocycles. The van der Waals surface area contributed by atoms with E-state index in [1.165, 1.54) is 16.0 Å². The van der Waals surface area contributed by atoms with Gasteiger partial charge in [0, 0.05) is 18.1 Å². The van der Waals surface area contributed by atoms with Gasteiger partial charge in [0.05, 0.1) is 0 Å². The van der Waals surface area contributed by atoms with Crippen LogP contribution in [0.2, 0.25) is 0 Å². The first kappa shape index (κ1) is 11.1. The third kappa shape index (κ3) is 2.61. The average molecular weight is 232 g/mol. The van der Waals surface area contributed by atoms with Crippen LogP contribution in [0.5, 0.6) is 0 Å². The minimum Gasteiger partial charge on any atom is -0.365 e. The molecule has 1 aromatic heterocycles. The molecule has 0 atom stereocenters. The highest BCUT2D eigenvalue weighted by Gasteiger charge is 2.02. The van der Waals surface area contributed by atoms with Gasteiger partial charge in [0.1, 0.15) is 0 Å². The van der Waals surface area contributed by atoms with Gasteiger partial charge in [-0.3, -0.25) is 0 Å². The van der Waals surface area contributed by atoms with Gasteiger partial charge in [0.2, 0.25) is 0 Å². The van der Waals surface area contributed by atoms with Crippen molar-refractivity contribution in [2.45, 2.75) is 19.8 Å². The number of hydrogen-bond donors (Lipinski definition) is 1. The van der Waals surface area contributed by atoms with E-state index in [0.29, 0.717) is 0 Å². The minimum atomic E-state index is 1.000. The van der Waals surface area contributed by atoms with E-state index in [1.807, 2.05) is 13.2 Å². The number of aryl methyl sites for hydroxylation is 3. The normalized spacial score (nSPS) is 10.4. The summed E-state index contributed by atoms with van der Waals surface area (Å²) in [6.45, 7) is 2.17. The SMILES string of the molecule is CNc1ncc(CCc2ccccc2C)s1. The van der Waals surface area contributed by atoms with Crippen molar-refractivity contribution in [1.82, 2.24) is 4.98 Å². The van der Waals surface area contributed by atoms with E-state index in [0.717, 1.165) is 18.0 Å². The zero-order chi connectivity index (χ0) is 11.4. The monoisotopic (exact) mass is 232 g/mol. The van der Waals surface area contributed by atoms with Gasteiger partial charge in [0.15, 0.2) is 5.13 Å². The van der Waals surface area contributed by atoms with Crippen molar-refractivity contribution in [1.29, 1.82) is 0 Å². The van der Waals surface area contributed by atoms with Gasteiger partial charge >= 0.3 is 0 Å². The highest BCUT2D eigenvalue weighted by Crippen LogP contribution is 2.19. The average Bonchev–Trinajstić information content (AvgIpc) is 2.76. The van der Waals surface area contributed by atoms with E-state index in [4.69, 9.17) is 0 Å². The van der Waals surface area contributed by atoms with Crippen molar-refractivity contribution in [3.8, 4) is 0 Å². The maximum absolute atomic E-state index is 4.28. The Hall–Kier alpha value is -1.35. The lowest BCUT2D eigenvalue weighted by Crippen LogP contribution is -1.91. The van der Waals surface area contributed by atoms with Gasteiger partial charge in [-0.25, -0.2) is 4.98 Å². The fourth-order valence-electron chi connectivity index (χ4n) is 1.69. The highest BCUT2D eigenvalue weighted by molar-refractivity contribution is 7.15. The standard InChI is InChI=1S/C13H16N2S/c1-10-5-3-4-6-11(10)7-8-12-9-15-13(14-2)16-12/h3-6,9H,7-8H2,1-2H3,(H,14,15). The van der Waals surface area contributed by atoms with Crippen LogP contribution in [0.4, 0.5) is 5.13 Å². The molecule has 1 heterocycles. The van der Waals surface area contributed by atoms with Gasteiger partial charge in [-0.1, -0.05) is 24.3 Å². The molecule has 0 fully saturated rings. The molecule has 0 bridgehead atoms. The number of anilines is 1. The van der Waals surface area contributed by atoms with Crippen LogP contribution in [-0.2, 0) is 12.8 Å². The van der Waals surface area contributed by atoms with Gasteiger partial charge < -0.3 is 5.32 Å². The maximum Gasteiger partial charge on any atom is 0.182 e. The molecule has 0 spiro atoms. The number of rotatable bonds is 4. The number of thiazole rings is 1. The first-order chi connectivity index (χ1) is 7.79. The first-order valence-corrected chi connectivity index (χ1v) is 6.28. The third-order valence-electron chi connectivity index (χ3n) is 2.67. The molecule has 2 nitrogen and oxygen atoms in total. The summed E-state index contributed by atoms with van der Waals surface area (Å²) < 4.78 is 0. The lowest BCUT2D eigenvalue weighted by atomic mass is 10.0. The molecule has 1 aromatic carbocycles. The molecule has 0 unspecified atom stereocenters. The molecular weight excluding hydrogens is 216 g/mol. The summed E-state index contributed by atoms with van der Waals surface area (Å²) in [5, 5.41) is 4.06. The number of benzene rings is 1. The molecule has 84 valence electrons. The molecule has 2 rings (SSSR count). The number of aromatic nitrogens is 1. The predicted molar refractivity (Wildman–Crippen MR) is 70.2 cm³/mol. The Balaban J connectivity index is 1.99. The van der Waals surface area contributed by atoms with E-state index in [2.05, 4.69) is 41.5 Å². The molecule has 0 radical (unpaired) electrons. The molecule has 1 N–H and O–H groups in total. The largest absolute Gasteiger partial charge is 0.365 e. The Morgan fingerprint density at radius 2 is 2.06 bits per heavy atom. The lowest BCUT2D eigenvalue weighted by molar-refractivity contribution is 0.964. The second-order valence-electron chi connectivity index (χ2n) is 3.81. The summed E-state index contributed by atoms with van der Waals surface area (Å²) in [7, 11) is 1.91. The van der Waals surface area contributed by atoms with Crippen molar-refractivity contribution in [2.24, 2.45) is 0 Å². The van der Waals surface area contributed by atoms with Crippen LogP contribution in [0.3, 0.4) is 0 Å². The van der Waals surface area contributed by atoms with Crippen LogP contribution in [-0.4, -0.2) is 12.0 Å². The number of nitrogens with one attached hydrogen (secondary N) is 1. The zero-order valence-corrected chi connectivity index (χ0v) is 10.5. The van der Waals surface area contributed by atoms with Gasteiger partial charge in [-0.05, 0) is 30.9 Å². The predicted octanol–water partition coefficient (Wildman–Crippen LogP) is 3.28. The van der Waals surface area contributed by atoms with Crippen molar-refractivity contribution in [3.05, 3.63) is 46.5 Å². The fraction of sp³-hybridized carbons (Fsp3) is 0.308. The van der Waals surface area contributed by atoms with Gasteiger partial charge in [-0.15, -0.1) is 11.3 Å². The first-order valence-electron chi connectivity index (χ1n) is 5.46. The summed E-state index contributed by atoms with van der Waals surface area (Å²) in [4.78, 5) is 5.62. The Morgan fingerprint density at radius 1 is 1.25 bits per heavy atom. The lowest BCUT2D eigenvalue weighted by Gasteiger charge is -2.03. The van der Waals surface area contributed by atoms with Crippen molar-refractivity contribution < 1.29 is 0 Å². The second kappa shape index (κ2) is 5.12. The molecule has 0 aliphatic heterocycles. The van der Waals surface area contributed by atoms with Gasteiger partial charge in [-0.2, -0.15) is 0 Å². The maximum atomic E-state index is 4.28. The molecule has 0 saturated heterocycles. The van der Waals surface area contributed by atoms with Crippen molar-refractivity contribution in [3.63, 3.8) is 0 Å². The zero-order valence-electron chi connectivity index (χ0n) is 9.66. The van der Waals surface area contributed by atoms with E-state index in [9.17, 15) is 0 Å². The third-order valence-corrected chi connectivity index (χ3v) is 3.74. The smallest absolute Gasteiger partial charge is 0.182 e. The quantitative estimate of drug-likeness (QED) is 0.875. The fourth-order valence-corrected chi connectivity index (χ4v) is 2.45. The van der Waals surface area contributed by atoms with E-state index in [-0.39, 0.29) is 0 Å². The van der Waals surface area contributed by atoms with E-state index >= 15 is 0 Å². The van der Waals surface area contributed by atoms with Crippen molar-refractivity contribution >= 4 is 16.5 Å². The van der Waals surface area contributed by atoms with E-state index < -0.39 is 0 Å². The molecule has 16 heavy (non-hydrogen) atoms. The molecule has 0 amide bonds. The van der Waals surface area contributed by atoms with Crippen LogP contribution in [0.25, 0.3) is 0 Å². The number of nitrogens with zero attached hydrogens (tertiary/aromatic N) is 1. The Kier molecular flexibility index (Phi) is 3.57. The summed E-state index contributed by atoms with van der Waals surface area (Å²) >= 11 is 1.74. The van der Waals surface area contributed by atoms with Crippen LogP contribution in [0.15, 0.2) is 30.5 Å². The topological polar surface area (TPSA) is 24.9 Å². The Bertz CT molecular complexity index is 462. The Morgan fingerprint density at radius 3 is 2.75 bits per heavy atom. The molecule has 2 aromatic rings. The summed E-state index contributed by atoms with van der Waals surface area (Å²) in [6.07, 6.45) is 4.14. The summed E-state index contributed by atoms with van der Waals surface area (Å²) in [5.41, 5.74) is 2.81. The van der Waals surface area contributed by atoms with Gasteiger partial charge in [0.25, 0.3) is 0 Å². The summed E-state index contributed by atoms with van der Waals surface area (Å²) in [5.74, 6) is 0. The molecule has 0 aliphatic rings. The van der Waals surface area contributed by atoms with Crippen LogP contribution >= 0.6 is 11.3 Å². The molecular formula is C13H16N2S. The van der Waals surface area contributed by atoms with Crippen LogP contribution < -0.4 is 5.32 Å². The van der Waals surface area contributed by atoms with Crippen LogP contribution in [0.1, 0.15) is 16.0 Å². The molecule has 3 heteroatoms. The van der Waals surface area contributed by atoms with Crippen LogP contribution in [0, 0.1) is 6.92 Å². The highest BCUT2D eigenvalue weighted by atomic mass is 32.1.